The van der Waals surface area contributed by atoms with E-state index in [-0.39, 0.29) is 11.9 Å². The fourth-order valence-corrected chi connectivity index (χ4v) is 3.95. The molecule has 2 aromatic heterocycles. The van der Waals surface area contributed by atoms with Gasteiger partial charge in [0.15, 0.2) is 0 Å². The maximum atomic E-state index is 12.9. The third kappa shape index (κ3) is 4.18. The zero-order valence-electron chi connectivity index (χ0n) is 15.5. The van der Waals surface area contributed by atoms with Crippen LogP contribution in [0.3, 0.4) is 0 Å². The molecule has 1 atom stereocenters. The molecule has 10 heteroatoms. The molecule has 4 rings (SSSR count). The molecule has 29 heavy (non-hydrogen) atoms. The molecule has 0 aliphatic carbocycles. The van der Waals surface area contributed by atoms with Gasteiger partial charge in [0.1, 0.15) is 10.7 Å². The van der Waals surface area contributed by atoms with E-state index in [2.05, 4.69) is 15.4 Å². The van der Waals surface area contributed by atoms with Gasteiger partial charge in [-0.15, -0.1) is 11.3 Å². The second kappa shape index (κ2) is 7.60. The predicted molar refractivity (Wildman–Crippen MR) is 103 cm³/mol. The SMILES string of the molecule is C[C@H]1CN(C(=O)c2csc(-c3cnn(-c4cccc(C(F)(F)F)c4)c3)n2)CCN1. The van der Waals surface area contributed by atoms with Crippen molar-refractivity contribution >= 4 is 17.2 Å². The summed E-state index contributed by atoms with van der Waals surface area (Å²) in [6, 6.07) is 5.18. The molecule has 1 N–H and O–H groups in total. The zero-order chi connectivity index (χ0) is 20.6. The summed E-state index contributed by atoms with van der Waals surface area (Å²) in [7, 11) is 0. The smallest absolute Gasteiger partial charge is 0.334 e. The topological polar surface area (TPSA) is 63.1 Å². The summed E-state index contributed by atoms with van der Waals surface area (Å²) in [6.07, 6.45) is -1.28. The molecule has 152 valence electrons. The molecule has 0 radical (unpaired) electrons. The van der Waals surface area contributed by atoms with E-state index >= 15 is 0 Å². The van der Waals surface area contributed by atoms with E-state index in [9.17, 15) is 18.0 Å². The predicted octanol–water partition coefficient (Wildman–Crippen LogP) is 3.45. The molecule has 1 aliphatic heterocycles. The summed E-state index contributed by atoms with van der Waals surface area (Å²) in [5.74, 6) is -0.119. The number of alkyl halides is 3. The lowest BCUT2D eigenvalue weighted by atomic mass is 10.2. The first-order valence-corrected chi connectivity index (χ1v) is 9.90. The van der Waals surface area contributed by atoms with Gasteiger partial charge in [0.25, 0.3) is 5.91 Å². The standard InChI is InChI=1S/C19H18F3N5OS/c1-12-9-26(6-5-23-12)18(28)16-11-29-17(25-16)13-8-24-27(10-13)15-4-2-3-14(7-15)19(20,21)22/h2-4,7-8,10-12,23H,5-6,9H2,1H3/t12-/m0/s1. The van der Waals surface area contributed by atoms with Gasteiger partial charge in [-0.3, -0.25) is 4.79 Å². The van der Waals surface area contributed by atoms with Crippen molar-refractivity contribution in [3.8, 4) is 16.3 Å². The number of carbonyl (C=O) groups is 1. The average Bonchev–Trinajstić information content (AvgIpc) is 3.36. The Bertz CT molecular complexity index is 1030. The number of aromatic nitrogens is 3. The number of rotatable bonds is 3. The van der Waals surface area contributed by atoms with Crippen LogP contribution >= 0.6 is 11.3 Å². The van der Waals surface area contributed by atoms with Gasteiger partial charge in [-0.1, -0.05) is 6.07 Å². The van der Waals surface area contributed by atoms with Crippen molar-refractivity contribution in [3.63, 3.8) is 0 Å². The number of piperazine rings is 1. The fourth-order valence-electron chi connectivity index (χ4n) is 3.18. The molecule has 0 spiro atoms. The maximum absolute atomic E-state index is 12.9. The number of benzene rings is 1. The quantitative estimate of drug-likeness (QED) is 0.704. The first-order chi connectivity index (χ1) is 13.8. The monoisotopic (exact) mass is 421 g/mol. The molecule has 3 aromatic rings. The Morgan fingerprint density at radius 3 is 2.93 bits per heavy atom. The lowest BCUT2D eigenvalue weighted by molar-refractivity contribution is -0.137. The van der Waals surface area contributed by atoms with E-state index in [4.69, 9.17) is 0 Å². The average molecular weight is 421 g/mol. The van der Waals surface area contributed by atoms with Gasteiger partial charge in [0.2, 0.25) is 0 Å². The number of halogens is 3. The molecule has 1 aromatic carbocycles. The highest BCUT2D eigenvalue weighted by atomic mass is 32.1. The summed E-state index contributed by atoms with van der Waals surface area (Å²) in [4.78, 5) is 18.9. The van der Waals surface area contributed by atoms with Crippen LogP contribution in [0.2, 0.25) is 0 Å². The summed E-state index contributed by atoms with van der Waals surface area (Å²) < 4.78 is 40.2. The molecule has 1 amide bonds. The van der Waals surface area contributed by atoms with Crippen molar-refractivity contribution in [1.29, 1.82) is 0 Å². The lowest BCUT2D eigenvalue weighted by Crippen LogP contribution is -2.51. The fraction of sp³-hybridized carbons (Fsp3) is 0.316. The Hall–Kier alpha value is -2.72. The minimum absolute atomic E-state index is 0.119. The Balaban J connectivity index is 1.54. The Morgan fingerprint density at radius 1 is 1.34 bits per heavy atom. The molecule has 6 nitrogen and oxygen atoms in total. The van der Waals surface area contributed by atoms with E-state index < -0.39 is 11.7 Å². The molecule has 1 saturated heterocycles. The van der Waals surface area contributed by atoms with Gasteiger partial charge in [-0.05, 0) is 25.1 Å². The van der Waals surface area contributed by atoms with Gasteiger partial charge in [-0.25, -0.2) is 9.67 Å². The molecule has 0 saturated carbocycles. The Morgan fingerprint density at radius 2 is 2.17 bits per heavy atom. The zero-order valence-corrected chi connectivity index (χ0v) is 16.3. The van der Waals surface area contributed by atoms with Crippen LogP contribution in [0, 0.1) is 0 Å². The van der Waals surface area contributed by atoms with Crippen LogP contribution in [0.4, 0.5) is 13.2 Å². The molecular weight excluding hydrogens is 403 g/mol. The maximum Gasteiger partial charge on any atom is 0.416 e. The number of thiazole rings is 1. The van der Waals surface area contributed by atoms with Crippen LogP contribution < -0.4 is 5.32 Å². The van der Waals surface area contributed by atoms with Crippen molar-refractivity contribution in [2.45, 2.75) is 19.1 Å². The van der Waals surface area contributed by atoms with Crippen LogP contribution in [0.25, 0.3) is 16.3 Å². The van der Waals surface area contributed by atoms with Gasteiger partial charge < -0.3 is 10.2 Å². The number of carbonyl (C=O) groups excluding carboxylic acids is 1. The summed E-state index contributed by atoms with van der Waals surface area (Å²) in [5, 5.41) is 9.73. The van der Waals surface area contributed by atoms with Crippen molar-refractivity contribution in [2.75, 3.05) is 19.6 Å². The number of amides is 1. The highest BCUT2D eigenvalue weighted by molar-refractivity contribution is 7.13. The van der Waals surface area contributed by atoms with Gasteiger partial charge in [-0.2, -0.15) is 18.3 Å². The van der Waals surface area contributed by atoms with E-state index in [1.54, 1.807) is 22.5 Å². The van der Waals surface area contributed by atoms with Crippen LogP contribution in [-0.2, 0) is 6.18 Å². The van der Waals surface area contributed by atoms with Crippen molar-refractivity contribution in [3.05, 3.63) is 53.3 Å². The highest BCUT2D eigenvalue weighted by Gasteiger charge is 2.30. The van der Waals surface area contributed by atoms with Crippen molar-refractivity contribution in [1.82, 2.24) is 25.0 Å². The third-order valence-corrected chi connectivity index (χ3v) is 5.54. The first kappa shape index (κ1) is 19.6. The summed E-state index contributed by atoms with van der Waals surface area (Å²) in [6.45, 7) is 4.02. The number of nitrogens with zero attached hydrogens (tertiary/aromatic N) is 4. The second-order valence-corrected chi connectivity index (χ2v) is 7.72. The highest BCUT2D eigenvalue weighted by Crippen LogP contribution is 2.31. The van der Waals surface area contributed by atoms with Crippen LogP contribution in [0.1, 0.15) is 23.0 Å². The molecule has 3 heterocycles. The van der Waals surface area contributed by atoms with Crippen LogP contribution in [-0.4, -0.2) is 51.2 Å². The van der Waals surface area contributed by atoms with E-state index in [0.29, 0.717) is 35.0 Å². The van der Waals surface area contributed by atoms with E-state index in [1.165, 1.54) is 28.3 Å². The van der Waals surface area contributed by atoms with E-state index in [0.717, 1.165) is 18.7 Å². The van der Waals surface area contributed by atoms with Gasteiger partial charge in [0.05, 0.1) is 17.4 Å². The van der Waals surface area contributed by atoms with Crippen molar-refractivity contribution in [2.24, 2.45) is 0 Å². The Kier molecular flexibility index (Phi) is 5.13. The third-order valence-electron chi connectivity index (χ3n) is 4.65. The first-order valence-electron chi connectivity index (χ1n) is 9.02. The number of hydrogen-bond donors (Lipinski definition) is 1. The van der Waals surface area contributed by atoms with Gasteiger partial charge in [0, 0.05) is 42.8 Å². The summed E-state index contributed by atoms with van der Waals surface area (Å²) in [5.41, 5.74) is 0.569. The number of nitrogens with one attached hydrogen (secondary N) is 1. The molecule has 0 bridgehead atoms. The normalized spacial score (nSPS) is 17.5. The van der Waals surface area contributed by atoms with Crippen molar-refractivity contribution < 1.29 is 18.0 Å². The largest absolute Gasteiger partial charge is 0.416 e. The van der Waals surface area contributed by atoms with Gasteiger partial charge >= 0.3 is 6.18 Å². The number of hydrogen-bond acceptors (Lipinski definition) is 5. The van der Waals surface area contributed by atoms with E-state index in [1.807, 2.05) is 6.92 Å². The minimum Gasteiger partial charge on any atom is -0.334 e. The molecule has 0 unspecified atom stereocenters. The molecular formula is C19H18F3N5OS. The Labute approximate surface area is 169 Å². The molecule has 1 fully saturated rings. The minimum atomic E-state index is -4.42. The summed E-state index contributed by atoms with van der Waals surface area (Å²) >= 11 is 1.30. The lowest BCUT2D eigenvalue weighted by Gasteiger charge is -2.31. The van der Waals surface area contributed by atoms with Crippen LogP contribution in [0.5, 0.6) is 0 Å². The van der Waals surface area contributed by atoms with Crippen LogP contribution in [0.15, 0.2) is 42.0 Å². The molecule has 1 aliphatic rings. The second-order valence-electron chi connectivity index (χ2n) is 6.87.